The number of benzene rings is 1. The smallest absolute Gasteiger partial charge is 0.241 e. The molecule has 2 fully saturated rings. The van der Waals surface area contributed by atoms with Gasteiger partial charge in [-0.3, -0.25) is 4.79 Å². The zero-order valence-corrected chi connectivity index (χ0v) is 17.0. The van der Waals surface area contributed by atoms with E-state index in [2.05, 4.69) is 20.6 Å². The second-order valence-electron chi connectivity index (χ2n) is 7.27. The number of anilines is 1. The fourth-order valence-electron chi connectivity index (χ4n) is 3.79. The topological polar surface area (TPSA) is 79.4 Å². The van der Waals surface area contributed by atoms with Crippen LogP contribution < -0.4 is 10.6 Å². The van der Waals surface area contributed by atoms with E-state index < -0.39 is 0 Å². The predicted octanol–water partition coefficient (Wildman–Crippen LogP) is 2.72. The summed E-state index contributed by atoms with van der Waals surface area (Å²) in [7, 11) is 0. The van der Waals surface area contributed by atoms with Gasteiger partial charge >= 0.3 is 0 Å². The van der Waals surface area contributed by atoms with E-state index in [9.17, 15) is 4.79 Å². The number of amides is 1. The molecule has 3 heterocycles. The number of nitrogens with one attached hydrogen (secondary N) is 2. The summed E-state index contributed by atoms with van der Waals surface area (Å²) in [5.41, 5.74) is 0.680. The average Bonchev–Trinajstić information content (AvgIpc) is 3.16. The van der Waals surface area contributed by atoms with Crippen molar-refractivity contribution < 1.29 is 9.53 Å². The van der Waals surface area contributed by atoms with Gasteiger partial charge in [0.25, 0.3) is 0 Å². The predicted molar refractivity (Wildman–Crippen MR) is 110 cm³/mol. The lowest BCUT2D eigenvalue weighted by Crippen LogP contribution is -2.45. The van der Waals surface area contributed by atoms with Crippen LogP contribution in [0.5, 0.6) is 0 Å². The third kappa shape index (κ3) is 4.49. The molecule has 1 aromatic carbocycles. The van der Waals surface area contributed by atoms with E-state index in [1.807, 2.05) is 4.90 Å². The molecular weight excluding hydrogens is 401 g/mol. The maximum Gasteiger partial charge on any atom is 0.241 e. The summed E-state index contributed by atoms with van der Waals surface area (Å²) in [6, 6.07) is 4.14. The van der Waals surface area contributed by atoms with Crippen molar-refractivity contribution in [3.63, 3.8) is 0 Å². The van der Waals surface area contributed by atoms with Crippen molar-refractivity contribution in [2.45, 2.75) is 31.3 Å². The highest BCUT2D eigenvalue weighted by atomic mass is 35.5. The normalized spacial score (nSPS) is 22.6. The van der Waals surface area contributed by atoms with Crippen molar-refractivity contribution in [3.8, 4) is 0 Å². The molecule has 0 aliphatic carbocycles. The Labute approximate surface area is 173 Å². The molecule has 2 aliphatic rings. The Hall–Kier alpha value is -1.67. The third-order valence-electron chi connectivity index (χ3n) is 5.26. The molecular formula is C19H23Cl2N5O2. The number of ether oxygens (including phenoxy) is 1. The van der Waals surface area contributed by atoms with Gasteiger partial charge in [0.2, 0.25) is 5.91 Å². The van der Waals surface area contributed by atoms with E-state index in [-0.39, 0.29) is 12.5 Å². The maximum atomic E-state index is 12.6. The molecule has 2 atom stereocenters. The summed E-state index contributed by atoms with van der Waals surface area (Å²) in [4.78, 5) is 23.0. The van der Waals surface area contributed by atoms with Gasteiger partial charge in [0.1, 0.15) is 12.1 Å². The van der Waals surface area contributed by atoms with E-state index >= 15 is 0 Å². The second-order valence-corrected chi connectivity index (χ2v) is 8.08. The van der Waals surface area contributed by atoms with E-state index in [1.165, 1.54) is 6.33 Å². The summed E-state index contributed by atoms with van der Waals surface area (Å²) in [6.07, 6.45) is 4.65. The third-order valence-corrected chi connectivity index (χ3v) is 5.98. The number of carbonyl (C=O) groups is 1. The number of aromatic nitrogens is 2. The lowest BCUT2D eigenvalue weighted by molar-refractivity contribution is -0.128. The van der Waals surface area contributed by atoms with Crippen LogP contribution in [0.15, 0.2) is 18.5 Å². The van der Waals surface area contributed by atoms with Crippen LogP contribution in [-0.2, 0) is 9.53 Å². The molecule has 4 rings (SSSR count). The molecule has 1 unspecified atom stereocenters. The molecule has 2 N–H and O–H groups in total. The zero-order valence-electron chi connectivity index (χ0n) is 15.5. The monoisotopic (exact) mass is 423 g/mol. The van der Waals surface area contributed by atoms with Gasteiger partial charge in [0.15, 0.2) is 0 Å². The molecule has 2 saturated heterocycles. The molecule has 150 valence electrons. The second kappa shape index (κ2) is 8.78. The number of rotatable bonds is 5. The van der Waals surface area contributed by atoms with Crippen LogP contribution in [0.25, 0.3) is 10.9 Å². The summed E-state index contributed by atoms with van der Waals surface area (Å²) in [5.74, 6) is 0.626. The molecule has 2 aliphatic heterocycles. The van der Waals surface area contributed by atoms with Crippen molar-refractivity contribution in [1.82, 2.24) is 20.2 Å². The van der Waals surface area contributed by atoms with Gasteiger partial charge in [0, 0.05) is 37.2 Å². The highest BCUT2D eigenvalue weighted by molar-refractivity contribution is 6.42. The summed E-state index contributed by atoms with van der Waals surface area (Å²) < 4.78 is 5.52. The minimum absolute atomic E-state index is 0.0519. The molecule has 7 nitrogen and oxygen atoms in total. The largest absolute Gasteiger partial charge is 0.380 e. The van der Waals surface area contributed by atoms with Gasteiger partial charge in [-0.05, 0) is 31.4 Å². The Morgan fingerprint density at radius 2 is 2.07 bits per heavy atom. The summed E-state index contributed by atoms with van der Waals surface area (Å²) in [6.45, 7) is 3.28. The van der Waals surface area contributed by atoms with Gasteiger partial charge in [-0.2, -0.15) is 0 Å². The quantitative estimate of drug-likeness (QED) is 0.769. The number of hydrogen-bond acceptors (Lipinski definition) is 6. The standard InChI is InChI=1S/C19H23Cl2N5O2/c20-15-6-14-17(7-16(15)21)23-11-24-19(14)22-8-18(27)26-4-3-12(9-26)25-13-2-1-5-28-10-13/h6-7,11-13,25H,1-5,8-10H2,(H,22,23,24)/t12-,13?/m1/s1. The Morgan fingerprint density at radius 1 is 1.21 bits per heavy atom. The van der Waals surface area contributed by atoms with Crippen molar-refractivity contribution >= 4 is 45.8 Å². The fraction of sp³-hybridized carbons (Fsp3) is 0.526. The Bertz CT molecular complexity index is 860. The zero-order chi connectivity index (χ0) is 19.5. The minimum atomic E-state index is 0.0519. The van der Waals surface area contributed by atoms with Crippen LogP contribution >= 0.6 is 23.2 Å². The summed E-state index contributed by atoms with van der Waals surface area (Å²) in [5, 5.41) is 8.35. The first kappa shape index (κ1) is 19.6. The van der Waals surface area contributed by atoms with Gasteiger partial charge < -0.3 is 20.3 Å². The molecule has 1 aromatic heterocycles. The minimum Gasteiger partial charge on any atom is -0.380 e. The Kier molecular flexibility index (Phi) is 6.16. The average molecular weight is 424 g/mol. The number of carbonyl (C=O) groups excluding carboxylic acids is 1. The first-order valence-corrected chi connectivity index (χ1v) is 10.3. The van der Waals surface area contributed by atoms with Crippen LogP contribution in [-0.4, -0.2) is 65.7 Å². The van der Waals surface area contributed by atoms with Crippen LogP contribution in [0.2, 0.25) is 10.0 Å². The van der Waals surface area contributed by atoms with Gasteiger partial charge in [0.05, 0.1) is 28.7 Å². The molecule has 0 radical (unpaired) electrons. The SMILES string of the molecule is O=C(CNc1ncnc2cc(Cl)c(Cl)cc12)N1CC[C@@H](NC2CCCOC2)C1. The van der Waals surface area contributed by atoms with E-state index in [0.717, 1.165) is 51.0 Å². The van der Waals surface area contributed by atoms with Crippen LogP contribution in [0.4, 0.5) is 5.82 Å². The van der Waals surface area contributed by atoms with E-state index in [1.54, 1.807) is 12.1 Å². The van der Waals surface area contributed by atoms with Crippen molar-refractivity contribution in [3.05, 3.63) is 28.5 Å². The number of nitrogens with zero attached hydrogens (tertiary/aromatic N) is 3. The summed E-state index contributed by atoms with van der Waals surface area (Å²) >= 11 is 12.2. The molecule has 9 heteroatoms. The van der Waals surface area contributed by atoms with Crippen molar-refractivity contribution in [1.29, 1.82) is 0 Å². The molecule has 0 spiro atoms. The Balaban J connectivity index is 1.33. The first-order chi connectivity index (χ1) is 13.6. The number of halogens is 2. The van der Waals surface area contributed by atoms with Gasteiger partial charge in [-0.25, -0.2) is 9.97 Å². The van der Waals surface area contributed by atoms with E-state index in [4.69, 9.17) is 27.9 Å². The number of fused-ring (bicyclic) bond motifs is 1. The lowest BCUT2D eigenvalue weighted by atomic mass is 10.1. The van der Waals surface area contributed by atoms with Gasteiger partial charge in [-0.15, -0.1) is 0 Å². The highest BCUT2D eigenvalue weighted by Crippen LogP contribution is 2.29. The van der Waals surface area contributed by atoms with E-state index in [0.29, 0.717) is 33.5 Å². The molecule has 0 saturated carbocycles. The fourth-order valence-corrected chi connectivity index (χ4v) is 4.11. The molecule has 28 heavy (non-hydrogen) atoms. The maximum absolute atomic E-state index is 12.6. The Morgan fingerprint density at radius 3 is 2.89 bits per heavy atom. The first-order valence-electron chi connectivity index (χ1n) is 9.55. The highest BCUT2D eigenvalue weighted by Gasteiger charge is 2.28. The van der Waals surface area contributed by atoms with Crippen LogP contribution in [0.1, 0.15) is 19.3 Å². The number of likely N-dealkylation sites (tertiary alicyclic amines) is 1. The van der Waals surface area contributed by atoms with Gasteiger partial charge in [-0.1, -0.05) is 23.2 Å². The van der Waals surface area contributed by atoms with Crippen LogP contribution in [0.3, 0.4) is 0 Å². The van der Waals surface area contributed by atoms with Crippen molar-refractivity contribution in [2.24, 2.45) is 0 Å². The van der Waals surface area contributed by atoms with Crippen molar-refractivity contribution in [2.75, 3.05) is 38.2 Å². The lowest BCUT2D eigenvalue weighted by Gasteiger charge is -2.26. The molecule has 2 aromatic rings. The molecule has 0 bridgehead atoms. The molecule has 1 amide bonds. The number of hydrogen-bond donors (Lipinski definition) is 2. The van der Waals surface area contributed by atoms with Crippen LogP contribution in [0, 0.1) is 0 Å².